The van der Waals surface area contributed by atoms with E-state index in [2.05, 4.69) is 5.32 Å². The van der Waals surface area contributed by atoms with Gasteiger partial charge in [0.25, 0.3) is 0 Å². The molecule has 1 aliphatic carbocycles. The van der Waals surface area contributed by atoms with Crippen molar-refractivity contribution in [1.82, 2.24) is 0 Å². The molecular weight excluding hydrogens is 402 g/mol. The molecule has 2 N–H and O–H groups in total. The van der Waals surface area contributed by atoms with Crippen LogP contribution in [0, 0.1) is 18.8 Å². The molecule has 1 aliphatic rings. The highest BCUT2D eigenvalue weighted by atomic mass is 32.1. The zero-order valence-corrected chi connectivity index (χ0v) is 17.8. The average Bonchev–Trinajstić information content (AvgIpc) is 3.08. The Bertz CT molecular complexity index is 963. The number of anilines is 1. The second-order valence-electron chi connectivity index (χ2n) is 7.22. The number of hydrogen-bond donors (Lipinski definition) is 2. The maximum Gasteiger partial charge on any atom is 0.341 e. The van der Waals surface area contributed by atoms with Gasteiger partial charge in [-0.1, -0.05) is 49.4 Å². The van der Waals surface area contributed by atoms with Crippen LogP contribution < -0.4 is 5.32 Å². The summed E-state index contributed by atoms with van der Waals surface area (Å²) in [5.74, 6) is -3.34. The molecule has 6 nitrogen and oxygen atoms in total. The summed E-state index contributed by atoms with van der Waals surface area (Å²) in [7, 11) is 0. The summed E-state index contributed by atoms with van der Waals surface area (Å²) in [4.78, 5) is 38.3. The lowest BCUT2D eigenvalue weighted by molar-refractivity contribution is -0.146. The van der Waals surface area contributed by atoms with Gasteiger partial charge in [0.1, 0.15) is 10.6 Å². The van der Waals surface area contributed by atoms with Crippen LogP contribution >= 0.6 is 11.3 Å². The van der Waals surface area contributed by atoms with Crippen LogP contribution in [0.3, 0.4) is 0 Å². The van der Waals surface area contributed by atoms with Crippen LogP contribution in [0.4, 0.5) is 5.00 Å². The zero-order chi connectivity index (χ0) is 21.7. The van der Waals surface area contributed by atoms with Gasteiger partial charge >= 0.3 is 11.9 Å². The maximum absolute atomic E-state index is 13.0. The minimum atomic E-state index is -0.991. The van der Waals surface area contributed by atoms with E-state index in [1.54, 1.807) is 6.08 Å². The molecule has 0 unspecified atom stereocenters. The monoisotopic (exact) mass is 427 g/mol. The van der Waals surface area contributed by atoms with Gasteiger partial charge in [-0.25, -0.2) is 4.79 Å². The van der Waals surface area contributed by atoms with E-state index in [1.807, 2.05) is 50.3 Å². The Morgan fingerprint density at radius 3 is 2.43 bits per heavy atom. The summed E-state index contributed by atoms with van der Waals surface area (Å²) in [6.45, 7) is 4.09. The Morgan fingerprint density at radius 2 is 1.80 bits per heavy atom. The lowest BCUT2D eigenvalue weighted by Crippen LogP contribution is -2.34. The molecule has 0 fully saturated rings. The highest BCUT2D eigenvalue weighted by Gasteiger charge is 2.35. The lowest BCUT2D eigenvalue weighted by Gasteiger charge is -2.24. The number of carbonyl (C=O) groups is 3. The van der Waals surface area contributed by atoms with Crippen LogP contribution in [0.15, 0.2) is 42.5 Å². The fourth-order valence-electron chi connectivity index (χ4n) is 3.63. The smallest absolute Gasteiger partial charge is 0.341 e. The number of amides is 1. The van der Waals surface area contributed by atoms with Crippen molar-refractivity contribution >= 4 is 34.2 Å². The summed E-state index contributed by atoms with van der Waals surface area (Å²) in [5.41, 5.74) is 1.92. The van der Waals surface area contributed by atoms with E-state index in [4.69, 9.17) is 4.74 Å². The van der Waals surface area contributed by atoms with Crippen molar-refractivity contribution in [3.63, 3.8) is 0 Å². The third kappa shape index (κ3) is 4.62. The number of aryl methyl sites for hydroxylation is 1. The van der Waals surface area contributed by atoms with Crippen molar-refractivity contribution < 1.29 is 24.2 Å². The van der Waals surface area contributed by atoms with Crippen LogP contribution in [-0.4, -0.2) is 29.6 Å². The Labute approximate surface area is 179 Å². The molecule has 7 heteroatoms. The molecule has 0 saturated carbocycles. The predicted octanol–water partition coefficient (Wildman–Crippen LogP) is 4.90. The average molecular weight is 428 g/mol. The number of allylic oxidation sites excluding steroid dienone is 2. The molecule has 0 saturated heterocycles. The van der Waals surface area contributed by atoms with Crippen LogP contribution in [0.5, 0.6) is 0 Å². The molecule has 0 bridgehead atoms. The van der Waals surface area contributed by atoms with Gasteiger partial charge in [0.05, 0.1) is 18.4 Å². The van der Waals surface area contributed by atoms with E-state index in [1.165, 1.54) is 11.3 Å². The molecule has 1 amide bonds. The summed E-state index contributed by atoms with van der Waals surface area (Å²) < 4.78 is 5.39. The van der Waals surface area contributed by atoms with Gasteiger partial charge < -0.3 is 15.2 Å². The van der Waals surface area contributed by atoms with Crippen LogP contribution in [-0.2, 0) is 14.3 Å². The number of carboxylic acids is 1. The molecule has 3 rings (SSSR count). The number of rotatable bonds is 7. The van der Waals surface area contributed by atoms with Crippen molar-refractivity contribution in [1.29, 1.82) is 0 Å². The Balaban J connectivity index is 1.98. The van der Waals surface area contributed by atoms with Crippen molar-refractivity contribution in [2.75, 3.05) is 11.9 Å². The van der Waals surface area contributed by atoms with E-state index >= 15 is 0 Å². The van der Waals surface area contributed by atoms with E-state index in [-0.39, 0.29) is 6.61 Å². The van der Waals surface area contributed by atoms with E-state index in [0.29, 0.717) is 29.8 Å². The van der Waals surface area contributed by atoms with E-state index in [9.17, 15) is 19.5 Å². The summed E-state index contributed by atoms with van der Waals surface area (Å²) in [5, 5.41) is 12.7. The zero-order valence-electron chi connectivity index (χ0n) is 17.0. The van der Waals surface area contributed by atoms with Gasteiger partial charge in [0.2, 0.25) is 5.91 Å². The van der Waals surface area contributed by atoms with E-state index in [0.717, 1.165) is 16.0 Å². The molecule has 1 aromatic heterocycles. The predicted molar refractivity (Wildman–Crippen MR) is 117 cm³/mol. The van der Waals surface area contributed by atoms with Crippen LogP contribution in [0.1, 0.15) is 41.4 Å². The standard InChI is InChI=1S/C23H25NO5S/c1-3-13-29-23(28)19-18(15-9-5-4-6-10-15)14(2)30-21(19)24-20(25)16-11-7-8-12-17(16)22(26)27/h4-10,16-17H,3,11-13H2,1-2H3,(H,24,25)(H,26,27)/t16-,17-/m0/s1. The quantitative estimate of drug-likeness (QED) is 0.484. The number of esters is 1. The number of hydrogen-bond acceptors (Lipinski definition) is 5. The topological polar surface area (TPSA) is 92.7 Å². The second kappa shape index (κ2) is 9.71. The molecule has 0 spiro atoms. The number of ether oxygens (including phenoxy) is 1. The van der Waals surface area contributed by atoms with Crippen molar-refractivity contribution in [2.45, 2.75) is 33.1 Å². The Morgan fingerprint density at radius 1 is 1.13 bits per heavy atom. The Hall–Kier alpha value is -2.93. The third-order valence-electron chi connectivity index (χ3n) is 5.11. The molecule has 158 valence electrons. The first-order valence-corrected chi connectivity index (χ1v) is 10.8. The second-order valence-corrected chi connectivity index (χ2v) is 8.45. The fraction of sp³-hybridized carbons (Fsp3) is 0.348. The van der Waals surface area contributed by atoms with E-state index < -0.39 is 29.7 Å². The first-order valence-electron chi connectivity index (χ1n) is 9.98. The van der Waals surface area contributed by atoms with Crippen molar-refractivity contribution in [3.8, 4) is 11.1 Å². The molecular formula is C23H25NO5S. The van der Waals surface area contributed by atoms with Gasteiger partial charge in [-0.2, -0.15) is 0 Å². The normalized spacial score (nSPS) is 18.1. The minimum Gasteiger partial charge on any atom is -0.481 e. The lowest BCUT2D eigenvalue weighted by atomic mass is 9.82. The highest BCUT2D eigenvalue weighted by molar-refractivity contribution is 7.17. The third-order valence-corrected chi connectivity index (χ3v) is 6.13. The van der Waals surface area contributed by atoms with Crippen molar-refractivity contribution in [2.24, 2.45) is 11.8 Å². The number of aliphatic carboxylic acids is 1. The van der Waals surface area contributed by atoms with Gasteiger partial charge in [-0.05, 0) is 31.7 Å². The summed E-state index contributed by atoms with van der Waals surface area (Å²) in [6.07, 6.45) is 4.98. The molecule has 2 aromatic rings. The summed E-state index contributed by atoms with van der Waals surface area (Å²) >= 11 is 1.30. The molecule has 2 atom stereocenters. The Kier molecular flexibility index (Phi) is 7.05. The number of nitrogens with one attached hydrogen (secondary N) is 1. The maximum atomic E-state index is 13.0. The first-order chi connectivity index (χ1) is 14.4. The number of carbonyl (C=O) groups excluding carboxylic acids is 2. The number of benzene rings is 1. The molecule has 0 aliphatic heterocycles. The minimum absolute atomic E-state index is 0.282. The molecule has 1 aromatic carbocycles. The fourth-order valence-corrected chi connectivity index (χ4v) is 4.70. The molecule has 0 radical (unpaired) electrons. The first kappa shape index (κ1) is 21.8. The highest BCUT2D eigenvalue weighted by Crippen LogP contribution is 2.41. The van der Waals surface area contributed by atoms with Crippen molar-refractivity contribution in [3.05, 3.63) is 52.9 Å². The SMILES string of the molecule is CCCOC(=O)c1c(NC(=O)[C@H]2CC=CC[C@@H]2C(=O)O)sc(C)c1-c1ccccc1. The van der Waals surface area contributed by atoms with Crippen LogP contribution in [0.2, 0.25) is 0 Å². The molecule has 30 heavy (non-hydrogen) atoms. The van der Waals surface area contributed by atoms with Crippen LogP contribution in [0.25, 0.3) is 11.1 Å². The van der Waals surface area contributed by atoms with Gasteiger partial charge in [0.15, 0.2) is 0 Å². The number of thiophene rings is 1. The van der Waals surface area contributed by atoms with Gasteiger partial charge in [0, 0.05) is 10.4 Å². The van der Waals surface area contributed by atoms with Gasteiger partial charge in [-0.15, -0.1) is 11.3 Å². The molecule has 1 heterocycles. The largest absolute Gasteiger partial charge is 0.481 e. The van der Waals surface area contributed by atoms with Gasteiger partial charge in [-0.3, -0.25) is 9.59 Å². The number of carboxylic acid groups (broad SMARTS) is 1. The summed E-state index contributed by atoms with van der Waals surface area (Å²) in [6, 6.07) is 9.48.